The molecule has 0 heterocycles. The molecule has 1 rings (SSSR count). The summed E-state index contributed by atoms with van der Waals surface area (Å²) in [4.78, 5) is 11.8. The number of hydrogen-bond acceptors (Lipinski definition) is 3. The lowest BCUT2D eigenvalue weighted by Crippen LogP contribution is -2.54. The first-order valence-electron chi connectivity index (χ1n) is 5.71. The van der Waals surface area contributed by atoms with E-state index in [1.807, 2.05) is 13.8 Å². The van der Waals surface area contributed by atoms with Crippen molar-refractivity contribution in [3.63, 3.8) is 0 Å². The number of carbonyl (C=O) groups is 1. The second kappa shape index (κ2) is 4.94. The van der Waals surface area contributed by atoms with Gasteiger partial charge >= 0.3 is 0 Å². The van der Waals surface area contributed by atoms with Crippen LogP contribution in [0.1, 0.15) is 39.5 Å². The molecule has 1 aliphatic rings. The quantitative estimate of drug-likeness (QED) is 0.634. The molecule has 0 radical (unpaired) electrons. The SMILES string of the molecule is CNC(C)(C)C(=O)NC1CCC(N)CC1. The number of nitrogens with two attached hydrogens (primary N) is 1. The maximum Gasteiger partial charge on any atom is 0.239 e. The molecule has 0 aromatic carbocycles. The normalized spacial score (nSPS) is 27.5. The number of hydrogen-bond donors (Lipinski definition) is 3. The molecule has 0 bridgehead atoms. The van der Waals surface area contributed by atoms with Gasteiger partial charge in [-0.15, -0.1) is 0 Å². The molecule has 4 heteroatoms. The van der Waals surface area contributed by atoms with E-state index in [0.29, 0.717) is 12.1 Å². The summed E-state index contributed by atoms with van der Waals surface area (Å²) in [5.41, 5.74) is 5.33. The fraction of sp³-hybridized carbons (Fsp3) is 0.909. The topological polar surface area (TPSA) is 67.2 Å². The standard InChI is InChI=1S/C11H23N3O/c1-11(2,13-3)10(15)14-9-6-4-8(12)5-7-9/h8-9,13H,4-7,12H2,1-3H3,(H,14,15). The van der Waals surface area contributed by atoms with Crippen LogP contribution in [-0.2, 0) is 4.79 Å². The predicted molar refractivity (Wildman–Crippen MR) is 61.5 cm³/mol. The van der Waals surface area contributed by atoms with Crippen LogP contribution >= 0.6 is 0 Å². The van der Waals surface area contributed by atoms with E-state index in [0.717, 1.165) is 25.7 Å². The second-order valence-electron chi connectivity index (χ2n) is 4.96. The summed E-state index contributed by atoms with van der Waals surface area (Å²) in [7, 11) is 1.80. The zero-order valence-corrected chi connectivity index (χ0v) is 9.97. The van der Waals surface area contributed by atoms with Gasteiger partial charge in [-0.05, 0) is 46.6 Å². The molecule has 0 aliphatic heterocycles. The van der Waals surface area contributed by atoms with Crippen molar-refractivity contribution in [2.75, 3.05) is 7.05 Å². The Balaban J connectivity index is 2.39. The Labute approximate surface area is 92.0 Å². The molecule has 0 aromatic rings. The molecule has 0 aromatic heterocycles. The lowest BCUT2D eigenvalue weighted by atomic mass is 9.91. The largest absolute Gasteiger partial charge is 0.352 e. The third kappa shape index (κ3) is 3.47. The van der Waals surface area contributed by atoms with Gasteiger partial charge < -0.3 is 16.4 Å². The molecule has 0 atom stereocenters. The third-order valence-corrected chi connectivity index (χ3v) is 3.30. The van der Waals surface area contributed by atoms with Crippen molar-refractivity contribution in [1.29, 1.82) is 0 Å². The number of likely N-dealkylation sites (N-methyl/N-ethyl adjacent to an activating group) is 1. The molecule has 1 aliphatic carbocycles. The Morgan fingerprint density at radius 2 is 1.80 bits per heavy atom. The summed E-state index contributed by atoms with van der Waals surface area (Å²) < 4.78 is 0. The molecule has 88 valence electrons. The van der Waals surface area contributed by atoms with Crippen LogP contribution in [0.5, 0.6) is 0 Å². The molecule has 1 saturated carbocycles. The van der Waals surface area contributed by atoms with E-state index in [9.17, 15) is 4.79 Å². The number of amides is 1. The van der Waals surface area contributed by atoms with Gasteiger partial charge in [0.05, 0.1) is 5.54 Å². The van der Waals surface area contributed by atoms with Crippen LogP contribution in [0.25, 0.3) is 0 Å². The molecule has 1 fully saturated rings. The molecule has 0 unspecified atom stereocenters. The van der Waals surface area contributed by atoms with Crippen molar-refractivity contribution >= 4 is 5.91 Å². The van der Waals surface area contributed by atoms with Gasteiger partial charge in [-0.1, -0.05) is 0 Å². The molecule has 0 saturated heterocycles. The van der Waals surface area contributed by atoms with Crippen molar-refractivity contribution in [1.82, 2.24) is 10.6 Å². The van der Waals surface area contributed by atoms with Gasteiger partial charge in [0.25, 0.3) is 0 Å². The highest BCUT2D eigenvalue weighted by Crippen LogP contribution is 2.17. The van der Waals surface area contributed by atoms with Crippen LogP contribution in [0.15, 0.2) is 0 Å². The molecule has 4 N–H and O–H groups in total. The van der Waals surface area contributed by atoms with E-state index in [1.54, 1.807) is 7.05 Å². The maximum atomic E-state index is 11.8. The average molecular weight is 213 g/mol. The first-order chi connectivity index (χ1) is 6.95. The van der Waals surface area contributed by atoms with Crippen LogP contribution in [0, 0.1) is 0 Å². The van der Waals surface area contributed by atoms with Crippen molar-refractivity contribution in [2.24, 2.45) is 5.73 Å². The molecule has 4 nitrogen and oxygen atoms in total. The van der Waals surface area contributed by atoms with Gasteiger partial charge in [0.1, 0.15) is 0 Å². The van der Waals surface area contributed by atoms with Gasteiger partial charge in [0.2, 0.25) is 5.91 Å². The van der Waals surface area contributed by atoms with Gasteiger partial charge in [-0.2, -0.15) is 0 Å². The fourth-order valence-corrected chi connectivity index (χ4v) is 1.74. The average Bonchev–Trinajstić information content (AvgIpc) is 2.21. The van der Waals surface area contributed by atoms with E-state index in [-0.39, 0.29) is 5.91 Å². The zero-order chi connectivity index (χ0) is 11.5. The summed E-state index contributed by atoms with van der Waals surface area (Å²) in [6.07, 6.45) is 4.05. The van der Waals surface area contributed by atoms with Gasteiger partial charge in [0.15, 0.2) is 0 Å². The lowest BCUT2D eigenvalue weighted by Gasteiger charge is -2.30. The monoisotopic (exact) mass is 213 g/mol. The van der Waals surface area contributed by atoms with E-state index in [2.05, 4.69) is 10.6 Å². The Morgan fingerprint density at radius 1 is 1.27 bits per heavy atom. The molecule has 1 amide bonds. The van der Waals surface area contributed by atoms with Gasteiger partial charge in [-0.25, -0.2) is 0 Å². The minimum absolute atomic E-state index is 0.0745. The second-order valence-corrected chi connectivity index (χ2v) is 4.96. The van der Waals surface area contributed by atoms with Crippen molar-refractivity contribution in [3.05, 3.63) is 0 Å². The van der Waals surface area contributed by atoms with Gasteiger partial charge in [0, 0.05) is 12.1 Å². The highest BCUT2D eigenvalue weighted by Gasteiger charge is 2.28. The predicted octanol–water partition coefficient (Wildman–Crippen LogP) is 0.371. The van der Waals surface area contributed by atoms with Crippen LogP contribution in [0.2, 0.25) is 0 Å². The molecular formula is C11H23N3O. The Hall–Kier alpha value is -0.610. The summed E-state index contributed by atoms with van der Waals surface area (Å²) in [5.74, 6) is 0.0745. The first-order valence-corrected chi connectivity index (χ1v) is 5.71. The highest BCUT2D eigenvalue weighted by molar-refractivity contribution is 5.85. The van der Waals surface area contributed by atoms with Crippen molar-refractivity contribution in [2.45, 2.75) is 57.2 Å². The van der Waals surface area contributed by atoms with Crippen molar-refractivity contribution < 1.29 is 4.79 Å². The fourth-order valence-electron chi connectivity index (χ4n) is 1.74. The van der Waals surface area contributed by atoms with Crippen molar-refractivity contribution in [3.8, 4) is 0 Å². The summed E-state index contributed by atoms with van der Waals surface area (Å²) in [6, 6.07) is 0.639. The molecular weight excluding hydrogens is 190 g/mol. The van der Waals surface area contributed by atoms with Crippen LogP contribution in [0.3, 0.4) is 0 Å². The smallest absolute Gasteiger partial charge is 0.239 e. The first kappa shape index (κ1) is 12.5. The van der Waals surface area contributed by atoms with Crippen LogP contribution < -0.4 is 16.4 Å². The van der Waals surface area contributed by atoms with Crippen LogP contribution in [-0.4, -0.2) is 30.6 Å². The van der Waals surface area contributed by atoms with E-state index >= 15 is 0 Å². The minimum atomic E-state index is -0.487. The van der Waals surface area contributed by atoms with Crippen LogP contribution in [0.4, 0.5) is 0 Å². The zero-order valence-electron chi connectivity index (χ0n) is 9.97. The van der Waals surface area contributed by atoms with E-state index in [1.165, 1.54) is 0 Å². The lowest BCUT2D eigenvalue weighted by molar-refractivity contribution is -0.127. The Bertz CT molecular complexity index is 220. The molecule has 0 spiro atoms. The maximum absolute atomic E-state index is 11.8. The number of rotatable bonds is 3. The summed E-state index contributed by atoms with van der Waals surface area (Å²) >= 11 is 0. The molecule has 15 heavy (non-hydrogen) atoms. The summed E-state index contributed by atoms with van der Waals surface area (Å²) in [5, 5.41) is 6.08. The Morgan fingerprint density at radius 3 is 2.27 bits per heavy atom. The van der Waals surface area contributed by atoms with E-state index in [4.69, 9.17) is 5.73 Å². The van der Waals surface area contributed by atoms with E-state index < -0.39 is 5.54 Å². The minimum Gasteiger partial charge on any atom is -0.352 e. The Kier molecular flexibility index (Phi) is 4.11. The highest BCUT2D eigenvalue weighted by atomic mass is 16.2. The third-order valence-electron chi connectivity index (χ3n) is 3.30. The number of carbonyl (C=O) groups excluding carboxylic acids is 1. The number of nitrogens with one attached hydrogen (secondary N) is 2. The van der Waals surface area contributed by atoms with Gasteiger partial charge in [-0.3, -0.25) is 4.79 Å². The summed E-state index contributed by atoms with van der Waals surface area (Å²) in [6.45, 7) is 3.77.